The second-order valence-electron chi connectivity index (χ2n) is 10.8. The van der Waals surface area contributed by atoms with Gasteiger partial charge in [-0.3, -0.25) is 0 Å². The highest BCUT2D eigenvalue weighted by atomic mass is 16.3. The highest BCUT2D eigenvalue weighted by Crippen LogP contribution is 2.41. The third-order valence-electron chi connectivity index (χ3n) is 8.54. The molecule has 0 radical (unpaired) electrons. The second-order valence-corrected chi connectivity index (χ2v) is 10.8. The SMILES string of the molecule is CCC(C)(c1ccc(O)cc1)c1ccc(O)c(Cc2cc(C(C)(CC)c3ccc(O)cc3)cc(C)c2O)c1. The van der Waals surface area contributed by atoms with Gasteiger partial charge < -0.3 is 20.4 Å². The van der Waals surface area contributed by atoms with Crippen molar-refractivity contribution in [2.24, 2.45) is 0 Å². The molecule has 0 aliphatic heterocycles. The van der Waals surface area contributed by atoms with Gasteiger partial charge in [0, 0.05) is 17.3 Å². The van der Waals surface area contributed by atoms with E-state index in [0.717, 1.165) is 51.8 Å². The molecule has 0 aromatic heterocycles. The number of hydrogen-bond donors (Lipinski definition) is 4. The summed E-state index contributed by atoms with van der Waals surface area (Å²) in [6.45, 7) is 10.5. The maximum atomic E-state index is 11.1. The first kappa shape index (κ1) is 27.1. The number of hydrogen-bond acceptors (Lipinski definition) is 4. The van der Waals surface area contributed by atoms with Crippen LogP contribution in [0, 0.1) is 6.92 Å². The fourth-order valence-corrected chi connectivity index (χ4v) is 5.39. The van der Waals surface area contributed by atoms with Gasteiger partial charge in [0.05, 0.1) is 0 Å². The Morgan fingerprint density at radius 3 is 1.50 bits per heavy atom. The molecule has 0 saturated carbocycles. The predicted octanol–water partition coefficient (Wildman–Crippen LogP) is 7.84. The lowest BCUT2D eigenvalue weighted by Crippen LogP contribution is -2.23. The summed E-state index contributed by atoms with van der Waals surface area (Å²) in [7, 11) is 0. The quantitative estimate of drug-likeness (QED) is 0.195. The summed E-state index contributed by atoms with van der Waals surface area (Å²) >= 11 is 0. The molecule has 4 N–H and O–H groups in total. The second kappa shape index (κ2) is 10.4. The molecule has 0 aliphatic rings. The molecule has 38 heavy (non-hydrogen) atoms. The van der Waals surface area contributed by atoms with Gasteiger partial charge in [0.15, 0.2) is 0 Å². The predicted molar refractivity (Wildman–Crippen MR) is 153 cm³/mol. The Hall–Kier alpha value is -3.92. The van der Waals surface area contributed by atoms with E-state index < -0.39 is 0 Å². The molecule has 0 saturated heterocycles. The van der Waals surface area contributed by atoms with Crippen LogP contribution in [0.4, 0.5) is 0 Å². The molecule has 0 bridgehead atoms. The monoisotopic (exact) mass is 510 g/mol. The summed E-state index contributed by atoms with van der Waals surface area (Å²) in [4.78, 5) is 0. The van der Waals surface area contributed by atoms with Gasteiger partial charge in [0.25, 0.3) is 0 Å². The van der Waals surface area contributed by atoms with E-state index in [1.54, 1.807) is 30.3 Å². The lowest BCUT2D eigenvalue weighted by molar-refractivity contribution is 0.458. The van der Waals surface area contributed by atoms with Crippen LogP contribution in [0.5, 0.6) is 23.0 Å². The Labute approximate surface area is 225 Å². The van der Waals surface area contributed by atoms with Crippen LogP contribution in [0.15, 0.2) is 78.9 Å². The average molecular weight is 511 g/mol. The first-order valence-electron chi connectivity index (χ1n) is 13.3. The van der Waals surface area contributed by atoms with Gasteiger partial charge in [-0.05, 0) is 89.0 Å². The molecule has 0 heterocycles. The summed E-state index contributed by atoms with van der Waals surface area (Å²) in [5.74, 6) is 0.892. The Morgan fingerprint density at radius 1 is 0.553 bits per heavy atom. The summed E-state index contributed by atoms with van der Waals surface area (Å²) in [5.41, 5.74) is 5.98. The van der Waals surface area contributed by atoms with Crippen molar-refractivity contribution in [3.63, 3.8) is 0 Å². The lowest BCUT2D eigenvalue weighted by atomic mass is 9.72. The van der Waals surface area contributed by atoms with E-state index in [1.165, 1.54) is 0 Å². The van der Waals surface area contributed by atoms with E-state index >= 15 is 0 Å². The Bertz CT molecular complexity index is 1420. The molecule has 0 aliphatic carbocycles. The van der Waals surface area contributed by atoms with Gasteiger partial charge in [-0.15, -0.1) is 0 Å². The molecule has 4 heteroatoms. The molecule has 4 aromatic rings. The van der Waals surface area contributed by atoms with Crippen molar-refractivity contribution in [1.29, 1.82) is 0 Å². The first-order chi connectivity index (χ1) is 18.0. The van der Waals surface area contributed by atoms with Crippen LogP contribution >= 0.6 is 0 Å². The van der Waals surface area contributed by atoms with Gasteiger partial charge >= 0.3 is 0 Å². The zero-order valence-corrected chi connectivity index (χ0v) is 22.9. The van der Waals surface area contributed by atoms with E-state index in [4.69, 9.17) is 0 Å². The topological polar surface area (TPSA) is 80.9 Å². The molecule has 0 amide bonds. The third-order valence-corrected chi connectivity index (χ3v) is 8.54. The van der Waals surface area contributed by atoms with Gasteiger partial charge in [-0.25, -0.2) is 0 Å². The molecule has 2 atom stereocenters. The summed E-state index contributed by atoms with van der Waals surface area (Å²) in [5, 5.41) is 41.5. The van der Waals surface area contributed by atoms with Gasteiger partial charge in [-0.2, -0.15) is 0 Å². The maximum Gasteiger partial charge on any atom is 0.122 e. The van der Waals surface area contributed by atoms with Crippen molar-refractivity contribution in [3.05, 3.63) is 118 Å². The van der Waals surface area contributed by atoms with Gasteiger partial charge in [0.1, 0.15) is 23.0 Å². The van der Waals surface area contributed by atoms with Crippen molar-refractivity contribution in [2.45, 2.75) is 64.7 Å². The van der Waals surface area contributed by atoms with Crippen molar-refractivity contribution in [1.82, 2.24) is 0 Å². The summed E-state index contributed by atoms with van der Waals surface area (Å²) in [6, 6.07) is 24.4. The van der Waals surface area contributed by atoms with Crippen LogP contribution in [-0.2, 0) is 17.3 Å². The van der Waals surface area contributed by atoms with Crippen LogP contribution < -0.4 is 0 Å². The number of benzene rings is 4. The standard InChI is InChI=1S/C34H38O4/c1-6-33(4,25-8-13-29(35)14-9-25)27-12-17-31(37)23(20-27)19-24-21-28(18-22(3)32(24)38)34(5,7-2)26-10-15-30(36)16-11-26/h8-18,20-21,35-38H,6-7,19H2,1-5H3. The smallest absolute Gasteiger partial charge is 0.122 e. The normalized spacial score (nSPS) is 14.6. The number of phenolic OH excluding ortho intramolecular Hbond substituents is 4. The molecular formula is C34H38O4. The fourth-order valence-electron chi connectivity index (χ4n) is 5.39. The maximum absolute atomic E-state index is 11.1. The highest BCUT2D eigenvalue weighted by molar-refractivity contribution is 5.53. The van der Waals surface area contributed by atoms with Crippen molar-refractivity contribution in [3.8, 4) is 23.0 Å². The van der Waals surface area contributed by atoms with E-state index in [0.29, 0.717) is 6.42 Å². The van der Waals surface area contributed by atoms with Crippen molar-refractivity contribution in [2.75, 3.05) is 0 Å². The zero-order valence-electron chi connectivity index (χ0n) is 22.9. The Morgan fingerprint density at radius 2 is 1.00 bits per heavy atom. The van der Waals surface area contributed by atoms with Gasteiger partial charge in [-0.1, -0.05) is 76.2 Å². The Kier molecular flexibility index (Phi) is 7.46. The van der Waals surface area contributed by atoms with Gasteiger partial charge in [0.2, 0.25) is 0 Å². The molecular weight excluding hydrogens is 472 g/mol. The summed E-state index contributed by atoms with van der Waals surface area (Å²) < 4.78 is 0. The average Bonchev–Trinajstić information content (AvgIpc) is 2.92. The zero-order chi connectivity index (χ0) is 27.7. The number of phenols is 4. The van der Waals surface area contributed by atoms with Crippen LogP contribution in [-0.4, -0.2) is 20.4 Å². The Balaban J connectivity index is 1.77. The minimum Gasteiger partial charge on any atom is -0.508 e. The minimum absolute atomic E-state index is 0.192. The van der Waals surface area contributed by atoms with Crippen molar-refractivity contribution >= 4 is 0 Å². The largest absolute Gasteiger partial charge is 0.508 e. The van der Waals surface area contributed by atoms with Crippen LogP contribution in [0.1, 0.15) is 79.5 Å². The highest BCUT2D eigenvalue weighted by Gasteiger charge is 2.30. The van der Waals surface area contributed by atoms with Crippen LogP contribution in [0.3, 0.4) is 0 Å². The molecule has 2 unspecified atom stereocenters. The third kappa shape index (κ3) is 4.96. The number of aryl methyl sites for hydroxylation is 1. The molecule has 4 nitrogen and oxygen atoms in total. The van der Waals surface area contributed by atoms with E-state index in [-0.39, 0.29) is 33.8 Å². The molecule has 4 aromatic carbocycles. The number of rotatable bonds is 8. The van der Waals surface area contributed by atoms with E-state index in [1.807, 2.05) is 55.5 Å². The minimum atomic E-state index is -0.315. The molecule has 0 spiro atoms. The molecule has 4 rings (SSSR count). The lowest BCUT2D eigenvalue weighted by Gasteiger charge is -2.31. The number of aromatic hydroxyl groups is 4. The molecule has 0 fully saturated rings. The molecule has 198 valence electrons. The fraction of sp³-hybridized carbons (Fsp3) is 0.294. The van der Waals surface area contributed by atoms with E-state index in [9.17, 15) is 20.4 Å². The van der Waals surface area contributed by atoms with Crippen LogP contribution in [0.2, 0.25) is 0 Å². The van der Waals surface area contributed by atoms with Crippen LogP contribution in [0.25, 0.3) is 0 Å². The summed E-state index contributed by atoms with van der Waals surface area (Å²) in [6.07, 6.45) is 2.05. The first-order valence-corrected chi connectivity index (χ1v) is 13.3. The van der Waals surface area contributed by atoms with Crippen molar-refractivity contribution < 1.29 is 20.4 Å². The van der Waals surface area contributed by atoms with E-state index in [2.05, 4.69) is 27.7 Å².